The topological polar surface area (TPSA) is 87.2 Å². The first-order chi connectivity index (χ1) is 9.02. The standard InChI is InChI=1S/C12H18N2O5/c1-19-11(17)8-2-4-13(5-3-8)12(18)14-6-9(7-14)10(15)16/h8-9H,2-7H2,1H3,(H,15,16). The third kappa shape index (κ3) is 2.80. The predicted molar refractivity (Wildman–Crippen MR) is 64.4 cm³/mol. The number of ether oxygens (including phenoxy) is 1. The molecule has 0 aliphatic carbocycles. The summed E-state index contributed by atoms with van der Waals surface area (Å²) in [5.74, 6) is -1.63. The van der Waals surface area contributed by atoms with Gasteiger partial charge >= 0.3 is 18.0 Å². The van der Waals surface area contributed by atoms with Crippen molar-refractivity contribution in [2.75, 3.05) is 33.3 Å². The normalized spacial score (nSPS) is 20.9. The van der Waals surface area contributed by atoms with Gasteiger partial charge in [0, 0.05) is 26.2 Å². The number of piperidine rings is 1. The Morgan fingerprint density at radius 3 is 2.11 bits per heavy atom. The summed E-state index contributed by atoms with van der Waals surface area (Å²) in [6.45, 7) is 1.61. The van der Waals surface area contributed by atoms with Crippen molar-refractivity contribution >= 4 is 18.0 Å². The number of nitrogens with zero attached hydrogens (tertiary/aromatic N) is 2. The minimum absolute atomic E-state index is 0.124. The number of hydrogen-bond acceptors (Lipinski definition) is 4. The highest BCUT2D eigenvalue weighted by atomic mass is 16.5. The third-order valence-electron chi connectivity index (χ3n) is 3.80. The number of carboxylic acids is 1. The minimum Gasteiger partial charge on any atom is -0.481 e. The Morgan fingerprint density at radius 2 is 1.63 bits per heavy atom. The molecule has 0 aromatic rings. The zero-order valence-corrected chi connectivity index (χ0v) is 10.9. The summed E-state index contributed by atoms with van der Waals surface area (Å²) in [7, 11) is 1.37. The molecule has 0 aromatic heterocycles. The molecule has 106 valence electrons. The molecular formula is C12H18N2O5. The summed E-state index contributed by atoms with van der Waals surface area (Å²) in [4.78, 5) is 37.3. The molecule has 2 heterocycles. The monoisotopic (exact) mass is 270 g/mol. The van der Waals surface area contributed by atoms with Gasteiger partial charge in [0.15, 0.2) is 0 Å². The van der Waals surface area contributed by atoms with Crippen LogP contribution in [0.3, 0.4) is 0 Å². The van der Waals surface area contributed by atoms with Gasteiger partial charge in [0.25, 0.3) is 0 Å². The zero-order valence-electron chi connectivity index (χ0n) is 10.9. The van der Waals surface area contributed by atoms with E-state index >= 15 is 0 Å². The van der Waals surface area contributed by atoms with Crippen molar-refractivity contribution in [3.05, 3.63) is 0 Å². The van der Waals surface area contributed by atoms with E-state index in [1.165, 1.54) is 12.0 Å². The molecular weight excluding hydrogens is 252 g/mol. The minimum atomic E-state index is -0.853. The fourth-order valence-electron chi connectivity index (χ4n) is 2.46. The molecule has 7 heteroatoms. The van der Waals surface area contributed by atoms with Crippen molar-refractivity contribution < 1.29 is 24.2 Å². The van der Waals surface area contributed by atoms with Crippen LogP contribution in [0.25, 0.3) is 0 Å². The molecule has 2 rings (SSSR count). The Labute approximate surface area is 111 Å². The molecule has 1 N–H and O–H groups in total. The molecule has 0 radical (unpaired) electrons. The summed E-state index contributed by atoms with van der Waals surface area (Å²) >= 11 is 0. The van der Waals surface area contributed by atoms with Gasteiger partial charge in [0.05, 0.1) is 18.9 Å². The number of carboxylic acid groups (broad SMARTS) is 1. The van der Waals surface area contributed by atoms with Gasteiger partial charge in [-0.3, -0.25) is 9.59 Å². The second-order valence-corrected chi connectivity index (χ2v) is 5.01. The van der Waals surface area contributed by atoms with E-state index in [2.05, 4.69) is 4.74 Å². The average Bonchev–Trinajstić information content (AvgIpc) is 2.35. The van der Waals surface area contributed by atoms with Crippen molar-refractivity contribution in [2.24, 2.45) is 11.8 Å². The number of hydrogen-bond donors (Lipinski definition) is 1. The van der Waals surface area contributed by atoms with E-state index in [0.29, 0.717) is 25.9 Å². The Morgan fingerprint density at radius 1 is 1.05 bits per heavy atom. The van der Waals surface area contributed by atoms with Crippen LogP contribution in [-0.2, 0) is 14.3 Å². The quantitative estimate of drug-likeness (QED) is 0.714. The van der Waals surface area contributed by atoms with Crippen LogP contribution in [0.2, 0.25) is 0 Å². The highest BCUT2D eigenvalue weighted by Crippen LogP contribution is 2.22. The van der Waals surface area contributed by atoms with Gasteiger partial charge in [-0.1, -0.05) is 0 Å². The van der Waals surface area contributed by atoms with Crippen LogP contribution in [0.15, 0.2) is 0 Å². The molecule has 0 aromatic carbocycles. The van der Waals surface area contributed by atoms with Crippen molar-refractivity contribution in [1.82, 2.24) is 9.80 Å². The van der Waals surface area contributed by atoms with E-state index in [-0.39, 0.29) is 31.0 Å². The van der Waals surface area contributed by atoms with E-state index in [1.54, 1.807) is 4.90 Å². The fraction of sp³-hybridized carbons (Fsp3) is 0.750. The van der Waals surface area contributed by atoms with Gasteiger partial charge in [0.2, 0.25) is 0 Å². The Hall–Kier alpha value is -1.79. The zero-order chi connectivity index (χ0) is 14.0. The molecule has 0 bridgehead atoms. The molecule has 2 amide bonds. The second-order valence-electron chi connectivity index (χ2n) is 5.01. The van der Waals surface area contributed by atoms with E-state index < -0.39 is 11.9 Å². The highest BCUT2D eigenvalue weighted by molar-refractivity contribution is 5.80. The van der Waals surface area contributed by atoms with Gasteiger partial charge in [-0.05, 0) is 12.8 Å². The number of amides is 2. The van der Waals surface area contributed by atoms with Crippen LogP contribution in [0.4, 0.5) is 4.79 Å². The first-order valence-corrected chi connectivity index (χ1v) is 6.37. The largest absolute Gasteiger partial charge is 0.481 e. The summed E-state index contributed by atoms with van der Waals surface area (Å²) in [5.41, 5.74) is 0. The molecule has 19 heavy (non-hydrogen) atoms. The maximum absolute atomic E-state index is 12.0. The van der Waals surface area contributed by atoms with Crippen LogP contribution >= 0.6 is 0 Å². The number of carbonyl (C=O) groups is 3. The predicted octanol–water partition coefficient (Wildman–Crippen LogP) is 0.00780. The first-order valence-electron chi connectivity index (χ1n) is 6.37. The number of aliphatic carboxylic acids is 1. The smallest absolute Gasteiger partial charge is 0.320 e. The lowest BCUT2D eigenvalue weighted by atomic mass is 9.96. The molecule has 2 fully saturated rings. The lowest BCUT2D eigenvalue weighted by Crippen LogP contribution is -2.58. The lowest BCUT2D eigenvalue weighted by Gasteiger charge is -2.41. The molecule has 7 nitrogen and oxygen atoms in total. The van der Waals surface area contributed by atoms with E-state index in [9.17, 15) is 14.4 Å². The maximum atomic E-state index is 12.0. The number of esters is 1. The molecule has 0 spiro atoms. The number of methoxy groups -OCH3 is 1. The molecule has 2 saturated heterocycles. The lowest BCUT2D eigenvalue weighted by molar-refractivity contribution is -0.148. The van der Waals surface area contributed by atoms with Crippen LogP contribution in [-0.4, -0.2) is 66.2 Å². The van der Waals surface area contributed by atoms with Gasteiger partial charge in [-0.15, -0.1) is 0 Å². The van der Waals surface area contributed by atoms with Gasteiger partial charge in [-0.25, -0.2) is 4.79 Å². The Kier molecular flexibility index (Phi) is 3.92. The Bertz CT molecular complexity index is 384. The summed E-state index contributed by atoms with van der Waals surface area (Å²) < 4.78 is 4.69. The highest BCUT2D eigenvalue weighted by Gasteiger charge is 2.38. The van der Waals surface area contributed by atoms with Crippen LogP contribution in [0.5, 0.6) is 0 Å². The number of rotatable bonds is 2. The molecule has 0 unspecified atom stereocenters. The van der Waals surface area contributed by atoms with Crippen molar-refractivity contribution in [1.29, 1.82) is 0 Å². The molecule has 0 atom stereocenters. The SMILES string of the molecule is COC(=O)C1CCN(C(=O)N2CC(C(=O)O)C2)CC1. The van der Waals surface area contributed by atoms with Crippen LogP contribution in [0, 0.1) is 11.8 Å². The summed E-state index contributed by atoms with van der Waals surface area (Å²) in [6.07, 6.45) is 1.21. The summed E-state index contributed by atoms with van der Waals surface area (Å²) in [6, 6.07) is -0.124. The van der Waals surface area contributed by atoms with E-state index in [0.717, 1.165) is 0 Å². The van der Waals surface area contributed by atoms with Gasteiger partial charge in [0.1, 0.15) is 0 Å². The van der Waals surface area contributed by atoms with Gasteiger partial charge in [-0.2, -0.15) is 0 Å². The molecule has 0 saturated carbocycles. The number of urea groups is 1. The van der Waals surface area contributed by atoms with Crippen molar-refractivity contribution in [3.8, 4) is 0 Å². The third-order valence-corrected chi connectivity index (χ3v) is 3.80. The van der Waals surface area contributed by atoms with Crippen molar-refractivity contribution in [2.45, 2.75) is 12.8 Å². The molecule has 2 aliphatic heterocycles. The van der Waals surface area contributed by atoms with Crippen molar-refractivity contribution in [3.63, 3.8) is 0 Å². The first kappa shape index (κ1) is 13.6. The van der Waals surface area contributed by atoms with Crippen LogP contribution < -0.4 is 0 Å². The number of carbonyl (C=O) groups excluding carboxylic acids is 2. The van der Waals surface area contributed by atoms with Crippen LogP contribution in [0.1, 0.15) is 12.8 Å². The molecule has 2 aliphatic rings. The van der Waals surface area contributed by atoms with Gasteiger partial charge < -0.3 is 19.6 Å². The summed E-state index contributed by atoms with van der Waals surface area (Å²) in [5, 5.41) is 8.76. The Balaban J connectivity index is 1.78. The average molecular weight is 270 g/mol. The second kappa shape index (κ2) is 5.46. The number of likely N-dealkylation sites (tertiary alicyclic amines) is 2. The maximum Gasteiger partial charge on any atom is 0.320 e. The van der Waals surface area contributed by atoms with E-state index in [1.807, 2.05) is 0 Å². The fourth-order valence-corrected chi connectivity index (χ4v) is 2.46. The van der Waals surface area contributed by atoms with E-state index in [4.69, 9.17) is 5.11 Å².